The molecule has 0 aliphatic carbocycles. The Morgan fingerprint density at radius 2 is 1.71 bits per heavy atom. The van der Waals surface area contributed by atoms with E-state index in [0.29, 0.717) is 10.0 Å². The second-order valence-corrected chi connectivity index (χ2v) is 5.76. The van der Waals surface area contributed by atoms with E-state index in [4.69, 9.17) is 0 Å². The van der Waals surface area contributed by atoms with Crippen LogP contribution in [0.5, 0.6) is 0 Å². The fraction of sp³-hybridized carbons (Fsp3) is 0.0556. The Kier molecular flexibility index (Phi) is 3.60. The largest absolute Gasteiger partial charge is 0.288 e. The topological polar surface area (TPSA) is 17.1 Å². The molecular weight excluding hydrogens is 331 g/mol. The number of carbonyl (C=O) groups excluding carboxylic acids is 1. The zero-order valence-electron chi connectivity index (χ0n) is 11.4. The Bertz CT molecular complexity index is 835. The molecule has 3 heteroatoms. The maximum atomic E-state index is 14.1. The van der Waals surface area contributed by atoms with Crippen molar-refractivity contribution in [3.63, 3.8) is 0 Å². The van der Waals surface area contributed by atoms with Crippen molar-refractivity contribution in [2.75, 3.05) is 0 Å². The number of benzene rings is 3. The molecule has 0 fully saturated rings. The minimum Gasteiger partial charge on any atom is -0.288 e. The van der Waals surface area contributed by atoms with Crippen molar-refractivity contribution in [3.05, 3.63) is 81.6 Å². The summed E-state index contributed by atoms with van der Waals surface area (Å²) < 4.78 is 14.5. The molecule has 3 aromatic rings. The summed E-state index contributed by atoms with van der Waals surface area (Å²) in [6.45, 7) is 1.87. The Labute approximate surface area is 130 Å². The van der Waals surface area contributed by atoms with E-state index in [-0.39, 0.29) is 11.3 Å². The molecule has 0 aromatic heterocycles. The molecule has 0 heterocycles. The maximum absolute atomic E-state index is 14.1. The number of ketones is 1. The number of hydrogen-bond acceptors (Lipinski definition) is 1. The minimum atomic E-state index is -0.512. The van der Waals surface area contributed by atoms with Gasteiger partial charge in [0.1, 0.15) is 5.82 Å². The molecule has 0 amide bonds. The predicted molar refractivity (Wildman–Crippen MR) is 86.2 cm³/mol. The monoisotopic (exact) mass is 342 g/mol. The number of fused-ring (bicyclic) bond motifs is 1. The zero-order chi connectivity index (χ0) is 15.0. The molecule has 0 saturated carbocycles. The first kappa shape index (κ1) is 14.0. The van der Waals surface area contributed by atoms with Gasteiger partial charge in [-0.25, -0.2) is 4.39 Å². The van der Waals surface area contributed by atoms with Crippen molar-refractivity contribution in [1.29, 1.82) is 0 Å². The normalized spacial score (nSPS) is 10.8. The van der Waals surface area contributed by atoms with Crippen LogP contribution in [0.2, 0.25) is 0 Å². The zero-order valence-corrected chi connectivity index (χ0v) is 12.9. The van der Waals surface area contributed by atoms with Crippen LogP contribution >= 0.6 is 15.9 Å². The highest BCUT2D eigenvalue weighted by molar-refractivity contribution is 9.10. The number of halogens is 2. The maximum Gasteiger partial charge on any atom is 0.198 e. The van der Waals surface area contributed by atoms with Gasteiger partial charge in [0, 0.05) is 10.0 Å². The average molecular weight is 343 g/mol. The molecule has 0 atom stereocenters. The van der Waals surface area contributed by atoms with Gasteiger partial charge in [-0.1, -0.05) is 42.5 Å². The summed E-state index contributed by atoms with van der Waals surface area (Å²) in [6, 6.07) is 16.1. The van der Waals surface area contributed by atoms with E-state index in [1.807, 2.05) is 43.3 Å². The molecule has 0 unspecified atom stereocenters. The summed E-state index contributed by atoms with van der Waals surface area (Å²) in [4.78, 5) is 12.9. The Balaban J connectivity index is 2.30. The summed E-state index contributed by atoms with van der Waals surface area (Å²) >= 11 is 3.27. The van der Waals surface area contributed by atoms with E-state index in [1.165, 1.54) is 6.07 Å². The van der Waals surface area contributed by atoms with Crippen molar-refractivity contribution < 1.29 is 9.18 Å². The third-order valence-corrected chi connectivity index (χ3v) is 4.22. The molecule has 3 aromatic carbocycles. The first-order chi connectivity index (χ1) is 10.1. The lowest BCUT2D eigenvalue weighted by atomic mass is 9.93. The Hall–Kier alpha value is -2.00. The average Bonchev–Trinajstić information content (AvgIpc) is 2.46. The van der Waals surface area contributed by atoms with Crippen LogP contribution in [0, 0.1) is 12.7 Å². The summed E-state index contributed by atoms with van der Waals surface area (Å²) in [5.74, 6) is -0.809. The summed E-state index contributed by atoms with van der Waals surface area (Å²) in [7, 11) is 0. The van der Waals surface area contributed by atoms with E-state index >= 15 is 0 Å². The van der Waals surface area contributed by atoms with Crippen LogP contribution in [-0.2, 0) is 0 Å². The molecule has 0 aliphatic heterocycles. The predicted octanol–water partition coefficient (Wildman–Crippen LogP) is 5.28. The van der Waals surface area contributed by atoms with E-state index < -0.39 is 5.82 Å². The second-order valence-electron chi connectivity index (χ2n) is 4.90. The fourth-order valence-corrected chi connectivity index (χ4v) is 3.04. The van der Waals surface area contributed by atoms with Crippen molar-refractivity contribution >= 4 is 32.5 Å². The van der Waals surface area contributed by atoms with Crippen LogP contribution in [0.4, 0.5) is 4.39 Å². The van der Waals surface area contributed by atoms with E-state index in [9.17, 15) is 9.18 Å². The lowest BCUT2D eigenvalue weighted by molar-refractivity contribution is 0.103. The van der Waals surface area contributed by atoms with Crippen molar-refractivity contribution in [1.82, 2.24) is 0 Å². The highest BCUT2D eigenvalue weighted by Crippen LogP contribution is 2.28. The molecule has 0 bridgehead atoms. The standard InChI is InChI=1S/C18H12BrFO/c1-11-9-10-12-5-2-3-6-13(12)16(11)18(21)17-14(19)7-4-8-15(17)20/h2-10H,1H3. The van der Waals surface area contributed by atoms with Gasteiger partial charge in [-0.05, 0) is 51.3 Å². The Morgan fingerprint density at radius 3 is 2.48 bits per heavy atom. The number of carbonyl (C=O) groups is 1. The van der Waals surface area contributed by atoms with Crippen molar-refractivity contribution in [3.8, 4) is 0 Å². The van der Waals surface area contributed by atoms with Crippen LogP contribution in [-0.4, -0.2) is 5.78 Å². The summed E-state index contributed by atoms with van der Waals surface area (Å²) in [6.07, 6.45) is 0. The van der Waals surface area contributed by atoms with E-state index in [0.717, 1.165) is 16.3 Å². The molecular formula is C18H12BrFO. The van der Waals surface area contributed by atoms with Crippen LogP contribution in [0.1, 0.15) is 21.5 Å². The molecule has 0 N–H and O–H groups in total. The Morgan fingerprint density at radius 1 is 0.952 bits per heavy atom. The third kappa shape index (κ3) is 2.38. The van der Waals surface area contributed by atoms with Gasteiger partial charge in [-0.3, -0.25) is 4.79 Å². The molecule has 104 valence electrons. The van der Waals surface area contributed by atoms with Gasteiger partial charge in [0.05, 0.1) is 5.56 Å². The van der Waals surface area contributed by atoms with Gasteiger partial charge in [0.15, 0.2) is 5.78 Å². The minimum absolute atomic E-state index is 0.0805. The van der Waals surface area contributed by atoms with Crippen LogP contribution < -0.4 is 0 Å². The van der Waals surface area contributed by atoms with Gasteiger partial charge < -0.3 is 0 Å². The fourth-order valence-electron chi connectivity index (χ4n) is 2.52. The lowest BCUT2D eigenvalue weighted by Crippen LogP contribution is -2.08. The second kappa shape index (κ2) is 5.41. The number of hydrogen-bond donors (Lipinski definition) is 0. The van der Waals surface area contributed by atoms with Crippen molar-refractivity contribution in [2.45, 2.75) is 6.92 Å². The highest BCUT2D eigenvalue weighted by Gasteiger charge is 2.20. The van der Waals surface area contributed by atoms with E-state index in [2.05, 4.69) is 15.9 Å². The van der Waals surface area contributed by atoms with Gasteiger partial charge in [0.25, 0.3) is 0 Å². The lowest BCUT2D eigenvalue weighted by Gasteiger charge is -2.11. The van der Waals surface area contributed by atoms with Gasteiger partial charge in [-0.2, -0.15) is 0 Å². The SMILES string of the molecule is Cc1ccc2ccccc2c1C(=O)c1c(F)cccc1Br. The molecule has 21 heavy (non-hydrogen) atoms. The molecule has 3 rings (SSSR count). The first-order valence-electron chi connectivity index (χ1n) is 6.56. The summed E-state index contributed by atoms with van der Waals surface area (Å²) in [5.41, 5.74) is 1.48. The first-order valence-corrected chi connectivity index (χ1v) is 7.36. The van der Waals surface area contributed by atoms with E-state index in [1.54, 1.807) is 12.1 Å². The molecule has 0 saturated heterocycles. The molecule has 0 aliphatic rings. The van der Waals surface area contributed by atoms with Gasteiger partial charge in [-0.15, -0.1) is 0 Å². The molecule has 1 nitrogen and oxygen atoms in total. The summed E-state index contributed by atoms with van der Waals surface area (Å²) in [5, 5.41) is 1.82. The van der Waals surface area contributed by atoms with Gasteiger partial charge in [0.2, 0.25) is 0 Å². The number of aryl methyl sites for hydroxylation is 1. The number of rotatable bonds is 2. The van der Waals surface area contributed by atoms with Crippen LogP contribution in [0.3, 0.4) is 0 Å². The smallest absolute Gasteiger partial charge is 0.198 e. The third-order valence-electron chi connectivity index (χ3n) is 3.55. The van der Waals surface area contributed by atoms with Gasteiger partial charge >= 0.3 is 0 Å². The molecule has 0 radical (unpaired) electrons. The quantitative estimate of drug-likeness (QED) is 0.579. The van der Waals surface area contributed by atoms with Crippen molar-refractivity contribution in [2.24, 2.45) is 0 Å². The highest BCUT2D eigenvalue weighted by atomic mass is 79.9. The van der Waals surface area contributed by atoms with Crippen LogP contribution in [0.25, 0.3) is 10.8 Å². The molecule has 0 spiro atoms. The van der Waals surface area contributed by atoms with Crippen LogP contribution in [0.15, 0.2) is 59.1 Å².